The van der Waals surface area contributed by atoms with Crippen molar-refractivity contribution < 1.29 is 53.4 Å². The first-order chi connectivity index (χ1) is 23.9. The van der Waals surface area contributed by atoms with Gasteiger partial charge in [-0.1, -0.05) is 88.5 Å². The summed E-state index contributed by atoms with van der Waals surface area (Å²) >= 11 is 3.50. The number of hydrogen-bond donors (Lipinski definition) is 3. The predicted molar refractivity (Wildman–Crippen MR) is 191 cm³/mol. The van der Waals surface area contributed by atoms with Crippen molar-refractivity contribution in [3.05, 3.63) is 23.8 Å². The molecule has 2 saturated carbocycles. The molecular weight excluding hydrogens is 724 g/mol. The smallest absolute Gasteiger partial charge is 0.348 e. The first kappa shape index (κ1) is 40.5. The zero-order chi connectivity index (χ0) is 37.7. The number of rotatable bonds is 15. The zero-order valence-corrected chi connectivity index (χ0v) is 33.0. The molecule has 3 aliphatic carbocycles. The van der Waals surface area contributed by atoms with E-state index < -0.39 is 88.5 Å². The molecule has 4 unspecified atom stereocenters. The minimum absolute atomic E-state index is 0.0932. The fourth-order valence-corrected chi connectivity index (χ4v) is 10.8. The Morgan fingerprint density at radius 1 is 1.18 bits per heavy atom. The normalized spacial score (nSPS) is 39.5. The highest BCUT2D eigenvalue weighted by atomic mass is 79.9. The fourth-order valence-electron chi connectivity index (χ4n) is 10.5. The molecule has 5 aliphatic rings. The van der Waals surface area contributed by atoms with E-state index in [1.807, 2.05) is 41.5 Å². The van der Waals surface area contributed by atoms with Crippen molar-refractivity contribution in [3.8, 4) is 0 Å². The van der Waals surface area contributed by atoms with Gasteiger partial charge in [-0.25, -0.2) is 4.79 Å². The van der Waals surface area contributed by atoms with Crippen LogP contribution in [0, 0.1) is 46.3 Å². The number of halogens is 1. The van der Waals surface area contributed by atoms with Crippen molar-refractivity contribution in [1.29, 1.82) is 0 Å². The summed E-state index contributed by atoms with van der Waals surface area (Å²) in [5, 5.41) is 36.1. The highest BCUT2D eigenvalue weighted by molar-refractivity contribution is 9.09. The second-order valence-electron chi connectivity index (χ2n) is 16.5. The topological polar surface area (TPSA) is 158 Å². The molecule has 0 amide bonds. The highest BCUT2D eigenvalue weighted by Gasteiger charge is 2.84. The average molecular weight is 784 g/mol. The van der Waals surface area contributed by atoms with Crippen LogP contribution >= 0.6 is 15.9 Å². The van der Waals surface area contributed by atoms with Crippen molar-refractivity contribution in [2.75, 3.05) is 18.5 Å². The fraction of sp³-hybridized carbons (Fsp3) is 0.821. The van der Waals surface area contributed by atoms with E-state index in [0.717, 1.165) is 31.3 Å². The number of unbranched alkanes of at least 4 members (excludes halogenated alkanes) is 2. The van der Waals surface area contributed by atoms with Gasteiger partial charge in [0, 0.05) is 22.7 Å². The van der Waals surface area contributed by atoms with Gasteiger partial charge in [0.25, 0.3) is 0 Å². The van der Waals surface area contributed by atoms with Crippen LogP contribution in [0.5, 0.6) is 0 Å². The van der Waals surface area contributed by atoms with Gasteiger partial charge in [-0.05, 0) is 62.4 Å². The summed E-state index contributed by atoms with van der Waals surface area (Å²) in [6, 6.07) is 0. The Morgan fingerprint density at radius 2 is 1.84 bits per heavy atom. The van der Waals surface area contributed by atoms with Crippen LogP contribution in [0.15, 0.2) is 23.8 Å². The molecule has 2 heterocycles. The van der Waals surface area contributed by atoms with E-state index >= 15 is 0 Å². The van der Waals surface area contributed by atoms with Gasteiger partial charge in [0.1, 0.15) is 18.3 Å². The van der Waals surface area contributed by atoms with Gasteiger partial charge in [-0.3, -0.25) is 9.59 Å². The van der Waals surface area contributed by atoms with E-state index in [1.165, 1.54) is 0 Å². The predicted octanol–water partition coefficient (Wildman–Crippen LogP) is 5.02. The number of ether oxygens (including phenoxy) is 5. The molecule has 12 heteroatoms. The van der Waals surface area contributed by atoms with Gasteiger partial charge in [0.15, 0.2) is 17.9 Å². The van der Waals surface area contributed by atoms with Crippen molar-refractivity contribution >= 4 is 33.7 Å². The number of ketones is 1. The van der Waals surface area contributed by atoms with Crippen molar-refractivity contribution in [2.24, 2.45) is 46.3 Å². The molecule has 0 aromatic carbocycles. The zero-order valence-electron chi connectivity index (χ0n) is 31.4. The highest BCUT2D eigenvalue weighted by Crippen LogP contribution is 2.74. The summed E-state index contributed by atoms with van der Waals surface area (Å²) in [4.78, 5) is 41.5. The number of aliphatic hydroxyl groups is 3. The maximum Gasteiger partial charge on any atom is 0.348 e. The van der Waals surface area contributed by atoms with E-state index in [1.54, 1.807) is 13.0 Å². The van der Waals surface area contributed by atoms with Gasteiger partial charge in [0.05, 0.1) is 30.6 Å². The van der Waals surface area contributed by atoms with Crippen LogP contribution in [0.25, 0.3) is 0 Å². The third kappa shape index (κ3) is 6.60. The largest absolute Gasteiger partial charge is 0.459 e. The number of carbonyl (C=O) groups is 3. The molecule has 51 heavy (non-hydrogen) atoms. The Hall–Kier alpha value is -1.67. The molecule has 2 saturated heterocycles. The van der Waals surface area contributed by atoms with Gasteiger partial charge in [0.2, 0.25) is 6.10 Å². The summed E-state index contributed by atoms with van der Waals surface area (Å²) < 4.78 is 31.1. The third-order valence-electron chi connectivity index (χ3n) is 13.1. The van der Waals surface area contributed by atoms with Crippen molar-refractivity contribution in [2.45, 2.75) is 136 Å². The lowest BCUT2D eigenvalue weighted by Gasteiger charge is -2.68. The lowest BCUT2D eigenvalue weighted by atomic mass is 9.38. The molecule has 0 aromatic heterocycles. The number of allylic oxidation sites excluding steroid dienone is 3. The molecule has 288 valence electrons. The van der Waals surface area contributed by atoms with E-state index in [-0.39, 0.29) is 30.6 Å². The second-order valence-corrected chi connectivity index (χ2v) is 17.2. The van der Waals surface area contributed by atoms with E-state index in [0.29, 0.717) is 18.4 Å². The summed E-state index contributed by atoms with van der Waals surface area (Å²) in [5.74, 6) is -7.41. The van der Waals surface area contributed by atoms with Gasteiger partial charge in [-0.2, -0.15) is 0 Å². The first-order valence-electron chi connectivity index (χ1n) is 18.8. The monoisotopic (exact) mass is 782 g/mol. The Labute approximate surface area is 311 Å². The minimum Gasteiger partial charge on any atom is -0.459 e. The average Bonchev–Trinajstić information content (AvgIpc) is 3.35. The SMILES string of the molecule is CCC/C=C/CCCOC(CBr)O[C@@H]1C(=O)C=C(C)[C@@H]2C[C@H]3OC(=O)C(OC(=O)CC(O)(C(C)C)C(C)C)C4[C@@H](C)[C@@H](O)[C@@]5(O)OC[C@@]43C5[C@@]12C. The van der Waals surface area contributed by atoms with Gasteiger partial charge < -0.3 is 39.0 Å². The van der Waals surface area contributed by atoms with Crippen LogP contribution in [0.3, 0.4) is 0 Å². The maximum atomic E-state index is 14.1. The molecule has 11 nitrogen and oxygen atoms in total. The molecule has 5 rings (SSSR count). The van der Waals surface area contributed by atoms with E-state index in [9.17, 15) is 29.7 Å². The minimum atomic E-state index is -2.12. The number of esters is 2. The molecule has 2 aliphatic heterocycles. The van der Waals surface area contributed by atoms with Crippen LogP contribution in [-0.2, 0) is 38.1 Å². The van der Waals surface area contributed by atoms with E-state index in [2.05, 4.69) is 35.0 Å². The molecule has 0 aromatic rings. The number of carbonyl (C=O) groups excluding carboxylic acids is 3. The standard InChI is InChI=1S/C39H59BrO11/c1-9-10-11-12-13-14-15-47-29(19-40)51-33-26(41)16-23(6)25-17-27-37-20-48-39(46,35(37)36(25,33)8)32(43)24(7)30(37)31(34(44)49-27)50-28(42)18-38(45,21(2)3)22(4)5/h11-12,16,21-22,24-25,27,29-33,35,43,45-46H,9-10,13-15,17-20H2,1-8H3/b12-11+/t24-,25+,27-,29?,30?,31?,32-,33-,35?,36-,37+,39-/m1/s1. The number of alkyl halides is 1. The Morgan fingerprint density at radius 3 is 2.47 bits per heavy atom. The maximum absolute atomic E-state index is 14.1. The summed E-state index contributed by atoms with van der Waals surface area (Å²) in [6.45, 7) is 15.2. The van der Waals surface area contributed by atoms with Crippen LogP contribution in [0.1, 0.15) is 93.9 Å². The molecule has 2 bridgehead atoms. The molecular formula is C39H59BrO11. The molecule has 0 radical (unpaired) electrons. The number of aliphatic hydroxyl groups excluding tert-OH is 1. The van der Waals surface area contributed by atoms with E-state index in [4.69, 9.17) is 23.7 Å². The van der Waals surface area contributed by atoms with Gasteiger partial charge >= 0.3 is 11.9 Å². The molecule has 4 fully saturated rings. The second kappa shape index (κ2) is 15.2. The Balaban J connectivity index is 1.51. The van der Waals surface area contributed by atoms with Crippen molar-refractivity contribution in [3.63, 3.8) is 0 Å². The number of hydrogen-bond acceptors (Lipinski definition) is 11. The third-order valence-corrected chi connectivity index (χ3v) is 13.7. The van der Waals surface area contributed by atoms with Crippen LogP contribution in [0.4, 0.5) is 0 Å². The molecule has 12 atom stereocenters. The van der Waals surface area contributed by atoms with Crippen molar-refractivity contribution in [1.82, 2.24) is 0 Å². The molecule has 3 N–H and O–H groups in total. The summed E-state index contributed by atoms with van der Waals surface area (Å²) in [5.41, 5.74) is -2.92. The quantitative estimate of drug-likeness (QED) is 0.0674. The molecule has 1 spiro atoms. The summed E-state index contributed by atoms with van der Waals surface area (Å²) in [6.07, 6.45) is 4.00. The lowest BCUT2D eigenvalue weighted by molar-refractivity contribution is -0.345. The van der Waals surface area contributed by atoms with Crippen LogP contribution < -0.4 is 0 Å². The Bertz CT molecular complexity index is 1370. The Kier molecular flexibility index (Phi) is 12.1. The lowest BCUT2D eigenvalue weighted by Crippen LogP contribution is -2.78. The van der Waals surface area contributed by atoms with Crippen LogP contribution in [-0.4, -0.2) is 93.7 Å². The summed E-state index contributed by atoms with van der Waals surface area (Å²) in [7, 11) is 0. The van der Waals surface area contributed by atoms with Crippen LogP contribution in [0.2, 0.25) is 0 Å². The van der Waals surface area contributed by atoms with Gasteiger partial charge in [-0.15, -0.1) is 0 Å². The number of fused-ring (bicyclic) bond motifs is 1. The first-order valence-corrected chi connectivity index (χ1v) is 19.9.